The van der Waals surface area contributed by atoms with Gasteiger partial charge in [-0.1, -0.05) is 146 Å². The molecule has 4 heterocycles. The number of hydrogen-bond donors (Lipinski definition) is 0. The second-order valence-electron chi connectivity index (χ2n) is 13.1. The summed E-state index contributed by atoms with van der Waals surface area (Å²) in [4.78, 5) is 20.6. The third-order valence-corrected chi connectivity index (χ3v) is 11.2. The van der Waals surface area contributed by atoms with Gasteiger partial charge in [-0.05, 0) is 24.3 Å². The Morgan fingerprint density at radius 2 is 0.887 bits per heavy atom. The Hall–Kier alpha value is -6.96. The summed E-state index contributed by atoms with van der Waals surface area (Å²) in [6.07, 6.45) is 0. The van der Waals surface area contributed by atoms with Gasteiger partial charge in [-0.15, -0.1) is 11.3 Å². The highest BCUT2D eigenvalue weighted by atomic mass is 32.1. The largest absolute Gasteiger partial charge is 0.306 e. The van der Waals surface area contributed by atoms with Gasteiger partial charge >= 0.3 is 0 Å². The first-order valence-electron chi connectivity index (χ1n) is 17.6. The van der Waals surface area contributed by atoms with Gasteiger partial charge in [-0.25, -0.2) is 9.97 Å². The maximum atomic E-state index is 5.25. The summed E-state index contributed by atoms with van der Waals surface area (Å²) in [5.41, 5.74) is 9.31. The second-order valence-corrected chi connectivity index (χ2v) is 14.1. The zero-order chi connectivity index (χ0) is 34.9. The molecule has 0 saturated heterocycles. The van der Waals surface area contributed by atoms with Crippen molar-refractivity contribution in [1.29, 1.82) is 0 Å². The molecule has 53 heavy (non-hydrogen) atoms. The fraction of sp³-hybridized carbons (Fsp3) is 0. The van der Waals surface area contributed by atoms with Gasteiger partial charge in [-0.3, -0.25) is 4.57 Å². The average Bonchev–Trinajstić information content (AvgIpc) is 3.92. The molecule has 11 aromatic rings. The van der Waals surface area contributed by atoms with Crippen molar-refractivity contribution < 1.29 is 0 Å². The van der Waals surface area contributed by atoms with Gasteiger partial charge in [-0.2, -0.15) is 9.97 Å². The average molecular weight is 697 g/mol. The number of benzene rings is 7. The first kappa shape index (κ1) is 29.7. The van der Waals surface area contributed by atoms with Crippen LogP contribution in [0.15, 0.2) is 170 Å². The van der Waals surface area contributed by atoms with Crippen LogP contribution in [-0.2, 0) is 0 Å². The molecule has 0 spiro atoms. The highest BCUT2D eigenvalue weighted by Gasteiger charge is 2.24. The first-order valence-corrected chi connectivity index (χ1v) is 18.4. The van der Waals surface area contributed by atoms with E-state index in [0.717, 1.165) is 75.8 Å². The zero-order valence-electron chi connectivity index (χ0n) is 28.3. The Labute approximate surface area is 307 Å². The minimum atomic E-state index is 0.565. The van der Waals surface area contributed by atoms with Gasteiger partial charge in [0.1, 0.15) is 5.01 Å². The Bertz CT molecular complexity index is 3100. The van der Waals surface area contributed by atoms with Crippen molar-refractivity contribution in [2.24, 2.45) is 0 Å². The Balaban J connectivity index is 1.29. The number of hydrogen-bond acceptors (Lipinski definition) is 5. The van der Waals surface area contributed by atoms with Crippen LogP contribution >= 0.6 is 11.3 Å². The van der Waals surface area contributed by atoms with E-state index in [1.165, 1.54) is 5.39 Å². The van der Waals surface area contributed by atoms with Crippen LogP contribution < -0.4 is 0 Å². The summed E-state index contributed by atoms with van der Waals surface area (Å²) in [5, 5.41) is 5.59. The van der Waals surface area contributed by atoms with Crippen molar-refractivity contribution in [2.75, 3.05) is 0 Å². The molecule has 0 radical (unpaired) electrons. The Kier molecular flexibility index (Phi) is 6.62. The first-order chi connectivity index (χ1) is 26.3. The number of thiazole rings is 1. The standard InChI is InChI=1S/C46H28N6S/c1-4-15-29(16-5-1)43-48-44(30-17-6-2-7-18-30)50-46(49-43)52-38-25-13-11-22-33(38)35-28-27-34-32-21-10-12-24-37(32)51(40(34)41(35)52)39-26-14-23-36-42(39)53-45(47-36)31-19-8-3-9-20-31/h1-28H. The molecule has 0 amide bonds. The third kappa shape index (κ3) is 4.64. The van der Waals surface area contributed by atoms with Crippen LogP contribution in [0.1, 0.15) is 0 Å². The van der Waals surface area contributed by atoms with E-state index in [9.17, 15) is 0 Å². The summed E-state index contributed by atoms with van der Waals surface area (Å²) in [6.45, 7) is 0. The van der Waals surface area contributed by atoms with E-state index in [0.29, 0.717) is 17.6 Å². The Morgan fingerprint density at radius 3 is 1.49 bits per heavy atom. The fourth-order valence-electron chi connectivity index (χ4n) is 7.67. The van der Waals surface area contributed by atoms with Crippen LogP contribution in [0.5, 0.6) is 0 Å². The number of para-hydroxylation sites is 2. The topological polar surface area (TPSA) is 61.4 Å². The number of nitrogens with zero attached hydrogens (tertiary/aromatic N) is 6. The van der Waals surface area contributed by atoms with E-state index in [-0.39, 0.29) is 0 Å². The van der Waals surface area contributed by atoms with Gasteiger partial charge in [0.15, 0.2) is 11.6 Å². The predicted molar refractivity (Wildman–Crippen MR) is 218 cm³/mol. The highest BCUT2D eigenvalue weighted by molar-refractivity contribution is 7.22. The lowest BCUT2D eigenvalue weighted by Crippen LogP contribution is -2.07. The smallest absolute Gasteiger partial charge is 0.238 e. The predicted octanol–water partition coefficient (Wildman–Crippen LogP) is 11.7. The number of rotatable bonds is 5. The zero-order valence-corrected chi connectivity index (χ0v) is 29.1. The quantitative estimate of drug-likeness (QED) is 0.180. The van der Waals surface area contributed by atoms with Gasteiger partial charge in [0.2, 0.25) is 5.95 Å². The van der Waals surface area contributed by atoms with E-state index >= 15 is 0 Å². The summed E-state index contributed by atoms with van der Waals surface area (Å²) in [5.74, 6) is 1.81. The normalized spacial score (nSPS) is 11.8. The molecule has 0 saturated carbocycles. The second kappa shape index (κ2) is 11.8. The molecule has 0 unspecified atom stereocenters. The maximum Gasteiger partial charge on any atom is 0.238 e. The van der Waals surface area contributed by atoms with Crippen molar-refractivity contribution >= 4 is 65.2 Å². The lowest BCUT2D eigenvalue weighted by atomic mass is 10.1. The molecular formula is C46H28N6S. The highest BCUT2D eigenvalue weighted by Crippen LogP contribution is 2.43. The van der Waals surface area contributed by atoms with Crippen molar-refractivity contribution in [2.45, 2.75) is 0 Å². The molecule has 11 rings (SSSR count). The molecule has 6 nitrogen and oxygen atoms in total. The number of fused-ring (bicyclic) bond motifs is 8. The van der Waals surface area contributed by atoms with Gasteiger partial charge in [0, 0.05) is 38.2 Å². The molecule has 7 heteroatoms. The lowest BCUT2D eigenvalue weighted by Gasteiger charge is -2.13. The molecular weight excluding hydrogens is 669 g/mol. The van der Waals surface area contributed by atoms with E-state index in [2.05, 4.69) is 137 Å². The van der Waals surface area contributed by atoms with Crippen LogP contribution in [0, 0.1) is 0 Å². The summed E-state index contributed by atoms with van der Waals surface area (Å²) < 4.78 is 5.80. The molecule has 248 valence electrons. The SMILES string of the molecule is c1ccc(-c2nc(-c3ccccc3)nc(-n3c4ccccc4c4ccc5c6ccccc6n(-c6cccc7nc(-c8ccccc8)sc67)c5c43)n2)cc1. The van der Waals surface area contributed by atoms with E-state index < -0.39 is 0 Å². The van der Waals surface area contributed by atoms with Crippen LogP contribution in [0.2, 0.25) is 0 Å². The van der Waals surface area contributed by atoms with Crippen molar-refractivity contribution in [3.05, 3.63) is 170 Å². The fourth-order valence-corrected chi connectivity index (χ4v) is 8.74. The summed E-state index contributed by atoms with van der Waals surface area (Å²) in [6, 6.07) is 59.0. The molecule has 0 bridgehead atoms. The van der Waals surface area contributed by atoms with E-state index in [1.807, 2.05) is 42.5 Å². The van der Waals surface area contributed by atoms with Crippen LogP contribution in [0.4, 0.5) is 0 Å². The summed E-state index contributed by atoms with van der Waals surface area (Å²) in [7, 11) is 0. The van der Waals surface area contributed by atoms with Gasteiger partial charge in [0.25, 0.3) is 0 Å². The van der Waals surface area contributed by atoms with Gasteiger partial charge in [0.05, 0.1) is 38.0 Å². The molecule has 0 atom stereocenters. The van der Waals surface area contributed by atoms with Crippen LogP contribution in [-0.4, -0.2) is 29.1 Å². The Morgan fingerprint density at radius 1 is 0.377 bits per heavy atom. The maximum absolute atomic E-state index is 5.25. The van der Waals surface area contributed by atoms with E-state index in [1.54, 1.807) is 11.3 Å². The summed E-state index contributed by atoms with van der Waals surface area (Å²) >= 11 is 1.73. The minimum absolute atomic E-state index is 0.565. The molecule has 0 N–H and O–H groups in total. The monoisotopic (exact) mass is 696 g/mol. The van der Waals surface area contributed by atoms with Crippen LogP contribution in [0.3, 0.4) is 0 Å². The third-order valence-electron chi connectivity index (χ3n) is 10.0. The van der Waals surface area contributed by atoms with Crippen LogP contribution in [0.25, 0.3) is 98.8 Å². The van der Waals surface area contributed by atoms with Crippen molar-refractivity contribution in [3.63, 3.8) is 0 Å². The molecule has 7 aromatic carbocycles. The molecule has 0 aliphatic carbocycles. The molecule has 0 aliphatic heterocycles. The lowest BCUT2D eigenvalue weighted by molar-refractivity contribution is 0.953. The van der Waals surface area contributed by atoms with Crippen molar-refractivity contribution in [1.82, 2.24) is 29.1 Å². The van der Waals surface area contributed by atoms with Crippen molar-refractivity contribution in [3.8, 4) is 45.0 Å². The van der Waals surface area contributed by atoms with Gasteiger partial charge < -0.3 is 4.57 Å². The minimum Gasteiger partial charge on any atom is -0.306 e. The van der Waals surface area contributed by atoms with E-state index in [4.69, 9.17) is 19.9 Å². The molecule has 4 aromatic heterocycles. The molecule has 0 fully saturated rings. The molecule has 0 aliphatic rings. The number of aromatic nitrogens is 6.